The van der Waals surface area contributed by atoms with Gasteiger partial charge in [-0.15, -0.1) is 6.58 Å². The van der Waals surface area contributed by atoms with Crippen LogP contribution in [0, 0.1) is 5.92 Å². The van der Waals surface area contributed by atoms with Crippen molar-refractivity contribution >= 4 is 15.9 Å². The summed E-state index contributed by atoms with van der Waals surface area (Å²) in [6.45, 7) is 9.17. The molecule has 0 aromatic heterocycles. The smallest absolute Gasteiger partial charge is 0.181 e. The minimum atomic E-state index is -1.87. The summed E-state index contributed by atoms with van der Waals surface area (Å²) in [5, 5.41) is 27.9. The number of aliphatic hydroxyl groups is 3. The second-order valence-corrected chi connectivity index (χ2v) is 5.17. The van der Waals surface area contributed by atoms with E-state index < -0.39 is 18.5 Å². The largest absolute Gasteiger partial charge is 0.385 e. The molecule has 0 aliphatic carbocycles. The lowest BCUT2D eigenvalue weighted by Gasteiger charge is -2.24. The lowest BCUT2D eigenvalue weighted by Crippen LogP contribution is -2.39. The third-order valence-electron chi connectivity index (χ3n) is 2.88. The number of ether oxygens (including phenoxy) is 1. The molecule has 0 saturated heterocycles. The molecule has 0 saturated carbocycles. The van der Waals surface area contributed by atoms with E-state index in [1.165, 1.54) is 7.11 Å². The van der Waals surface area contributed by atoms with Crippen molar-refractivity contribution in [3.8, 4) is 0 Å². The summed E-state index contributed by atoms with van der Waals surface area (Å²) < 4.78 is 6.03. The van der Waals surface area contributed by atoms with Gasteiger partial charge >= 0.3 is 0 Å². The molecular weight excluding hydrogens is 336 g/mol. The van der Waals surface area contributed by atoms with Crippen molar-refractivity contribution in [1.82, 2.24) is 0 Å². The van der Waals surface area contributed by atoms with E-state index in [0.717, 1.165) is 4.48 Å². The molecule has 4 nitrogen and oxygen atoms in total. The Morgan fingerprint density at radius 1 is 1.24 bits per heavy atom. The van der Waals surface area contributed by atoms with Crippen LogP contribution >= 0.6 is 15.9 Å². The average molecular weight is 359 g/mol. The van der Waals surface area contributed by atoms with Crippen LogP contribution in [0.5, 0.6) is 0 Å². The quantitative estimate of drug-likeness (QED) is 0.336. The number of allylic oxidation sites excluding steroid dienone is 6. The Labute approximate surface area is 134 Å². The second-order valence-electron chi connectivity index (χ2n) is 4.26. The van der Waals surface area contributed by atoms with Crippen molar-refractivity contribution in [2.45, 2.75) is 25.4 Å². The number of halogens is 1. The van der Waals surface area contributed by atoms with E-state index in [0.29, 0.717) is 5.57 Å². The van der Waals surface area contributed by atoms with Gasteiger partial charge < -0.3 is 20.1 Å². The third-order valence-corrected chi connectivity index (χ3v) is 3.67. The lowest BCUT2D eigenvalue weighted by molar-refractivity contribution is -0.155. The summed E-state index contributed by atoms with van der Waals surface area (Å²) in [5.41, 5.74) is 0.629. The van der Waals surface area contributed by atoms with E-state index in [1.807, 2.05) is 12.2 Å². The highest BCUT2D eigenvalue weighted by molar-refractivity contribution is 9.11. The first-order valence-corrected chi connectivity index (χ1v) is 7.24. The highest BCUT2D eigenvalue weighted by Crippen LogP contribution is 2.22. The van der Waals surface area contributed by atoms with Crippen molar-refractivity contribution in [3.05, 3.63) is 59.7 Å². The van der Waals surface area contributed by atoms with Gasteiger partial charge in [0.2, 0.25) is 0 Å². The Kier molecular flexibility index (Phi) is 10.2. The Hall–Kier alpha value is -0.980. The van der Waals surface area contributed by atoms with Gasteiger partial charge in [0, 0.05) is 17.5 Å². The standard InChI is InChI=1S/C16H23BrO4/c1-5-8-13(17)11(6-2)9-10-12(7-3)15(21-4)14(18)16(19)20/h5-11,14-16,18-20H,1-2H2,3-4H3/b10-9-,12-7+,13-8+/t11?,14-,15?/m0/s1. The van der Waals surface area contributed by atoms with Crippen LogP contribution in [0.15, 0.2) is 59.7 Å². The van der Waals surface area contributed by atoms with E-state index in [2.05, 4.69) is 29.1 Å². The fourth-order valence-corrected chi connectivity index (χ4v) is 2.23. The predicted octanol–water partition coefficient (Wildman–Crippen LogP) is 2.44. The van der Waals surface area contributed by atoms with Crippen LogP contribution < -0.4 is 0 Å². The van der Waals surface area contributed by atoms with Crippen LogP contribution in [0.3, 0.4) is 0 Å². The van der Waals surface area contributed by atoms with Crippen LogP contribution in [0.4, 0.5) is 0 Å². The van der Waals surface area contributed by atoms with Crippen molar-refractivity contribution in [1.29, 1.82) is 0 Å². The van der Waals surface area contributed by atoms with Crippen molar-refractivity contribution in [2.24, 2.45) is 5.92 Å². The number of hydrogen-bond donors (Lipinski definition) is 3. The molecule has 21 heavy (non-hydrogen) atoms. The molecule has 0 amide bonds. The van der Waals surface area contributed by atoms with Crippen LogP contribution in [0.2, 0.25) is 0 Å². The molecule has 0 aliphatic rings. The lowest BCUT2D eigenvalue weighted by atomic mass is 10.00. The zero-order valence-corrected chi connectivity index (χ0v) is 13.9. The fraction of sp³-hybridized carbons (Fsp3) is 0.375. The molecule has 0 rings (SSSR count). The van der Waals surface area contributed by atoms with E-state index in [9.17, 15) is 5.11 Å². The van der Waals surface area contributed by atoms with Crippen molar-refractivity contribution in [2.75, 3.05) is 7.11 Å². The van der Waals surface area contributed by atoms with E-state index in [1.54, 1.807) is 31.2 Å². The van der Waals surface area contributed by atoms with Gasteiger partial charge in [-0.05, 0) is 12.5 Å². The monoisotopic (exact) mass is 358 g/mol. The first-order valence-electron chi connectivity index (χ1n) is 6.44. The third kappa shape index (κ3) is 6.54. The number of methoxy groups -OCH3 is 1. The van der Waals surface area contributed by atoms with Gasteiger partial charge in [0.1, 0.15) is 12.2 Å². The molecule has 0 bridgehead atoms. The highest BCUT2D eigenvalue weighted by Gasteiger charge is 2.26. The summed E-state index contributed by atoms with van der Waals surface area (Å²) in [7, 11) is 1.39. The molecule has 5 heteroatoms. The van der Waals surface area contributed by atoms with Gasteiger partial charge in [0.15, 0.2) is 6.29 Å². The highest BCUT2D eigenvalue weighted by atomic mass is 79.9. The van der Waals surface area contributed by atoms with Gasteiger partial charge in [0.05, 0.1) is 0 Å². The Balaban J connectivity index is 5.21. The number of rotatable bonds is 9. The van der Waals surface area contributed by atoms with E-state index >= 15 is 0 Å². The molecule has 0 radical (unpaired) electrons. The zero-order chi connectivity index (χ0) is 16.4. The topological polar surface area (TPSA) is 69.9 Å². The fourth-order valence-electron chi connectivity index (χ4n) is 1.71. The van der Waals surface area contributed by atoms with Gasteiger partial charge in [-0.25, -0.2) is 0 Å². The Morgan fingerprint density at radius 2 is 1.86 bits per heavy atom. The minimum absolute atomic E-state index is 0.0633. The molecule has 0 aliphatic heterocycles. The van der Waals surface area contributed by atoms with Crippen LogP contribution in [0.1, 0.15) is 6.92 Å². The molecule has 118 valence electrons. The molecule has 0 aromatic carbocycles. The van der Waals surface area contributed by atoms with Gasteiger partial charge in [-0.2, -0.15) is 0 Å². The zero-order valence-electron chi connectivity index (χ0n) is 12.3. The summed E-state index contributed by atoms with van der Waals surface area (Å²) in [4.78, 5) is 0. The maximum absolute atomic E-state index is 9.75. The molecule has 0 aromatic rings. The second kappa shape index (κ2) is 10.7. The van der Waals surface area contributed by atoms with Crippen molar-refractivity contribution < 1.29 is 20.1 Å². The van der Waals surface area contributed by atoms with Gasteiger partial charge in [-0.1, -0.05) is 59.0 Å². The maximum Gasteiger partial charge on any atom is 0.181 e. The molecule has 0 fully saturated rings. The predicted molar refractivity (Wildman–Crippen MR) is 88.8 cm³/mol. The Bertz CT molecular complexity index is 424. The van der Waals surface area contributed by atoms with Gasteiger partial charge in [-0.3, -0.25) is 0 Å². The molecule has 0 spiro atoms. The minimum Gasteiger partial charge on any atom is -0.385 e. The van der Waals surface area contributed by atoms with Crippen LogP contribution in [-0.2, 0) is 4.74 Å². The molecule has 0 heterocycles. The molecular formula is C16H23BrO4. The first kappa shape index (κ1) is 20.0. The average Bonchev–Trinajstić information content (AvgIpc) is 2.46. The number of hydrogen-bond acceptors (Lipinski definition) is 4. The maximum atomic E-state index is 9.75. The van der Waals surface area contributed by atoms with Crippen molar-refractivity contribution in [3.63, 3.8) is 0 Å². The van der Waals surface area contributed by atoms with Gasteiger partial charge in [0.25, 0.3) is 0 Å². The summed E-state index contributed by atoms with van der Waals surface area (Å²) in [6.07, 6.45) is 6.43. The summed E-state index contributed by atoms with van der Waals surface area (Å²) >= 11 is 3.43. The molecule has 2 unspecified atom stereocenters. The molecule has 3 atom stereocenters. The van der Waals surface area contributed by atoms with E-state index in [-0.39, 0.29) is 5.92 Å². The normalized spacial score (nSPS) is 17.9. The van der Waals surface area contributed by atoms with E-state index in [4.69, 9.17) is 14.9 Å². The first-order chi connectivity index (χ1) is 9.92. The van der Waals surface area contributed by atoms with Crippen LogP contribution in [-0.4, -0.2) is 40.9 Å². The van der Waals surface area contributed by atoms with Crippen LogP contribution in [0.25, 0.3) is 0 Å². The molecule has 3 N–H and O–H groups in total. The number of aliphatic hydroxyl groups excluding tert-OH is 2. The summed E-state index contributed by atoms with van der Waals surface area (Å²) in [5.74, 6) is -0.0633. The Morgan fingerprint density at radius 3 is 2.24 bits per heavy atom. The summed E-state index contributed by atoms with van der Waals surface area (Å²) in [6, 6.07) is 0. The SMILES string of the molecule is C=C/C=C(/Br)C(C=C)/C=C\C(=C/C)C(OC)[C@H](O)C(O)O.